The van der Waals surface area contributed by atoms with Gasteiger partial charge in [0.2, 0.25) is 5.91 Å². The van der Waals surface area contributed by atoms with Crippen LogP contribution in [0.1, 0.15) is 37.7 Å². The molecule has 0 spiro atoms. The third-order valence-electron chi connectivity index (χ3n) is 5.20. The number of aromatic amines is 1. The fourth-order valence-corrected chi connectivity index (χ4v) is 3.89. The Balaban J connectivity index is 1.71. The van der Waals surface area contributed by atoms with Gasteiger partial charge in [-0.3, -0.25) is 9.59 Å². The lowest BCUT2D eigenvalue weighted by Gasteiger charge is -2.57. The van der Waals surface area contributed by atoms with Gasteiger partial charge in [-0.2, -0.15) is 0 Å². The summed E-state index contributed by atoms with van der Waals surface area (Å²) in [6.07, 6.45) is 2.08. The van der Waals surface area contributed by atoms with E-state index in [1.165, 1.54) is 11.3 Å². The van der Waals surface area contributed by atoms with E-state index >= 15 is 0 Å². The van der Waals surface area contributed by atoms with Gasteiger partial charge in [-0.05, 0) is 13.0 Å². The predicted molar refractivity (Wildman–Crippen MR) is 99.8 cm³/mol. The summed E-state index contributed by atoms with van der Waals surface area (Å²) in [5, 5.41) is 5.05. The van der Waals surface area contributed by atoms with Gasteiger partial charge in [0, 0.05) is 35.6 Å². The van der Waals surface area contributed by atoms with E-state index in [0.29, 0.717) is 29.5 Å². The smallest absolute Gasteiger partial charge is 0.265 e. The highest BCUT2D eigenvalue weighted by Crippen LogP contribution is 2.50. The molecule has 6 N–H and O–H groups in total. The van der Waals surface area contributed by atoms with Gasteiger partial charge in [0.05, 0.1) is 11.8 Å². The standard InChI is InChI=1S/C17H23N5O3S/c1-4-25-12-6-17(19,16(12,2)3)14(24)22-15-21-11(8-26-15)9-5-10(13(18)23)20-7-9/h5,7-8,12,20H,4,6,19H2,1-3H3,(H2,18,23)(H,21,22,24). The van der Waals surface area contributed by atoms with Crippen LogP contribution in [-0.4, -0.2) is 40.0 Å². The van der Waals surface area contributed by atoms with Crippen LogP contribution in [0.5, 0.6) is 0 Å². The highest BCUT2D eigenvalue weighted by Gasteiger charge is 2.63. The summed E-state index contributed by atoms with van der Waals surface area (Å²) in [5.74, 6) is -0.813. The second-order valence-corrected chi connectivity index (χ2v) is 7.86. The third-order valence-corrected chi connectivity index (χ3v) is 5.96. The molecule has 0 radical (unpaired) electrons. The maximum Gasteiger partial charge on any atom is 0.265 e. The number of rotatable bonds is 6. The van der Waals surface area contributed by atoms with Crippen molar-refractivity contribution in [2.45, 2.75) is 38.8 Å². The van der Waals surface area contributed by atoms with Crippen LogP contribution in [0.4, 0.5) is 5.13 Å². The largest absolute Gasteiger partial charge is 0.378 e. The number of nitrogens with two attached hydrogens (primary N) is 2. The fraction of sp³-hybridized carbons (Fsp3) is 0.471. The topological polar surface area (TPSA) is 136 Å². The van der Waals surface area contributed by atoms with Crippen LogP contribution >= 0.6 is 11.3 Å². The molecule has 1 aliphatic carbocycles. The molecule has 2 heterocycles. The van der Waals surface area contributed by atoms with Crippen molar-refractivity contribution in [2.24, 2.45) is 16.9 Å². The zero-order valence-corrected chi connectivity index (χ0v) is 15.8. The number of amides is 2. The van der Waals surface area contributed by atoms with Crippen molar-refractivity contribution in [1.29, 1.82) is 0 Å². The molecule has 2 aromatic rings. The monoisotopic (exact) mass is 377 g/mol. The number of aromatic nitrogens is 2. The van der Waals surface area contributed by atoms with Crippen LogP contribution in [0.2, 0.25) is 0 Å². The number of primary amides is 1. The molecule has 2 aromatic heterocycles. The summed E-state index contributed by atoms with van der Waals surface area (Å²) in [7, 11) is 0. The maximum atomic E-state index is 12.7. The van der Waals surface area contributed by atoms with E-state index in [2.05, 4.69) is 15.3 Å². The molecule has 9 heteroatoms. The molecule has 2 unspecified atom stereocenters. The zero-order chi connectivity index (χ0) is 19.1. The molecular formula is C17H23N5O3S. The maximum absolute atomic E-state index is 12.7. The number of nitrogens with zero attached hydrogens (tertiary/aromatic N) is 1. The van der Waals surface area contributed by atoms with E-state index in [-0.39, 0.29) is 12.0 Å². The summed E-state index contributed by atoms with van der Waals surface area (Å²) in [6, 6.07) is 1.62. The summed E-state index contributed by atoms with van der Waals surface area (Å²) >= 11 is 1.29. The molecular weight excluding hydrogens is 354 g/mol. The number of ether oxygens (including phenoxy) is 1. The summed E-state index contributed by atoms with van der Waals surface area (Å²) in [6.45, 7) is 6.39. The van der Waals surface area contributed by atoms with Crippen LogP contribution in [-0.2, 0) is 9.53 Å². The lowest BCUT2D eigenvalue weighted by molar-refractivity contribution is -0.166. The first kappa shape index (κ1) is 18.6. The first-order valence-electron chi connectivity index (χ1n) is 8.35. The number of H-pyrrole nitrogens is 1. The van der Waals surface area contributed by atoms with Gasteiger partial charge in [-0.25, -0.2) is 4.98 Å². The highest BCUT2D eigenvalue weighted by atomic mass is 32.1. The zero-order valence-electron chi connectivity index (χ0n) is 15.0. The molecule has 2 amide bonds. The molecule has 1 saturated carbocycles. The number of hydrogen-bond acceptors (Lipinski definition) is 6. The van der Waals surface area contributed by atoms with E-state index in [0.717, 1.165) is 5.56 Å². The Morgan fingerprint density at radius 3 is 2.81 bits per heavy atom. The van der Waals surface area contributed by atoms with Gasteiger partial charge in [0.1, 0.15) is 11.2 Å². The van der Waals surface area contributed by atoms with Crippen molar-refractivity contribution >= 4 is 28.3 Å². The molecule has 2 atom stereocenters. The summed E-state index contributed by atoms with van der Waals surface area (Å²) < 4.78 is 5.66. The van der Waals surface area contributed by atoms with E-state index in [4.69, 9.17) is 16.2 Å². The van der Waals surface area contributed by atoms with Gasteiger partial charge in [-0.15, -0.1) is 11.3 Å². The van der Waals surface area contributed by atoms with Crippen LogP contribution in [0.3, 0.4) is 0 Å². The Kier molecular flexibility index (Phi) is 4.63. The number of carbonyl (C=O) groups excluding carboxylic acids is 2. The quantitative estimate of drug-likeness (QED) is 0.607. The van der Waals surface area contributed by atoms with Crippen LogP contribution in [0, 0.1) is 5.41 Å². The molecule has 140 valence electrons. The van der Waals surface area contributed by atoms with E-state index in [1.807, 2.05) is 20.8 Å². The molecule has 1 fully saturated rings. The van der Waals surface area contributed by atoms with Crippen LogP contribution < -0.4 is 16.8 Å². The molecule has 1 aliphatic rings. The Morgan fingerprint density at radius 1 is 1.50 bits per heavy atom. The molecule has 0 bridgehead atoms. The molecule has 8 nitrogen and oxygen atoms in total. The average Bonchev–Trinajstić information content (AvgIpc) is 3.23. The van der Waals surface area contributed by atoms with Crippen molar-refractivity contribution in [3.63, 3.8) is 0 Å². The van der Waals surface area contributed by atoms with Crippen molar-refractivity contribution in [2.75, 3.05) is 11.9 Å². The molecule has 0 aromatic carbocycles. The Labute approximate surface area is 155 Å². The minimum Gasteiger partial charge on any atom is -0.378 e. The van der Waals surface area contributed by atoms with E-state index < -0.39 is 16.9 Å². The lowest BCUT2D eigenvalue weighted by Crippen LogP contribution is -2.74. The second-order valence-electron chi connectivity index (χ2n) is 7.00. The normalized spacial score (nSPS) is 24.1. The highest BCUT2D eigenvalue weighted by molar-refractivity contribution is 7.14. The average molecular weight is 377 g/mol. The van der Waals surface area contributed by atoms with Gasteiger partial charge in [0.15, 0.2) is 5.13 Å². The van der Waals surface area contributed by atoms with Gasteiger partial charge < -0.3 is 26.5 Å². The third kappa shape index (κ3) is 2.91. The number of carbonyl (C=O) groups is 2. The van der Waals surface area contributed by atoms with E-state index in [1.54, 1.807) is 17.6 Å². The SMILES string of the molecule is CCOC1CC(N)(C(=O)Nc2nc(-c3c[nH]c(C(N)=O)c3)cs2)C1(C)C. The summed E-state index contributed by atoms with van der Waals surface area (Å²) in [5.41, 5.74) is 11.8. The first-order valence-corrected chi connectivity index (χ1v) is 9.23. The van der Waals surface area contributed by atoms with Crippen LogP contribution in [0.25, 0.3) is 11.3 Å². The molecule has 26 heavy (non-hydrogen) atoms. The van der Waals surface area contributed by atoms with Crippen LogP contribution in [0.15, 0.2) is 17.6 Å². The molecule has 0 saturated heterocycles. The number of anilines is 1. The van der Waals surface area contributed by atoms with Crippen molar-refractivity contribution in [3.8, 4) is 11.3 Å². The van der Waals surface area contributed by atoms with Gasteiger partial charge in [-0.1, -0.05) is 13.8 Å². The van der Waals surface area contributed by atoms with Crippen molar-refractivity contribution < 1.29 is 14.3 Å². The minimum atomic E-state index is -1.01. The number of hydrogen-bond donors (Lipinski definition) is 4. The van der Waals surface area contributed by atoms with Gasteiger partial charge >= 0.3 is 0 Å². The first-order chi connectivity index (χ1) is 12.2. The Bertz CT molecular complexity index is 843. The lowest BCUT2D eigenvalue weighted by atomic mass is 9.54. The Hall–Kier alpha value is -2.23. The van der Waals surface area contributed by atoms with Crippen molar-refractivity contribution in [1.82, 2.24) is 9.97 Å². The number of thiazole rings is 1. The van der Waals surface area contributed by atoms with Crippen molar-refractivity contribution in [3.05, 3.63) is 23.3 Å². The predicted octanol–water partition coefficient (Wildman–Crippen LogP) is 1.71. The van der Waals surface area contributed by atoms with E-state index in [9.17, 15) is 9.59 Å². The molecule has 0 aliphatic heterocycles. The number of nitrogens with one attached hydrogen (secondary N) is 2. The summed E-state index contributed by atoms with van der Waals surface area (Å²) in [4.78, 5) is 31.1. The molecule has 3 rings (SSSR count). The Morgan fingerprint density at radius 2 is 2.23 bits per heavy atom. The second kappa shape index (κ2) is 6.49. The fourth-order valence-electron chi connectivity index (χ4n) is 3.18. The van der Waals surface area contributed by atoms with Gasteiger partial charge in [0.25, 0.3) is 5.91 Å². The minimum absolute atomic E-state index is 0.0396.